The number of carbonyl (C=O) groups is 1. The van der Waals surface area contributed by atoms with E-state index in [-0.39, 0.29) is 5.97 Å². The Morgan fingerprint density at radius 2 is 1.50 bits per heavy atom. The van der Waals surface area contributed by atoms with Gasteiger partial charge < -0.3 is 14.4 Å². The molecule has 0 saturated carbocycles. The molecule has 5 rings (SSSR count). The van der Waals surface area contributed by atoms with Gasteiger partial charge in [-0.15, -0.1) is 0 Å². The minimum atomic E-state index is -0.648. The molecule has 32 heavy (non-hydrogen) atoms. The summed E-state index contributed by atoms with van der Waals surface area (Å²) >= 11 is 0. The van der Waals surface area contributed by atoms with E-state index in [0.717, 1.165) is 43.0 Å². The second-order valence-corrected chi connectivity index (χ2v) is 8.38. The van der Waals surface area contributed by atoms with Crippen molar-refractivity contribution < 1.29 is 14.3 Å². The van der Waals surface area contributed by atoms with Gasteiger partial charge in [-0.25, -0.2) is 0 Å². The highest BCUT2D eigenvalue weighted by Gasteiger charge is 2.46. The van der Waals surface area contributed by atoms with Crippen LogP contribution in [0.4, 0.5) is 5.69 Å². The highest BCUT2D eigenvalue weighted by molar-refractivity contribution is 5.84. The first-order chi connectivity index (χ1) is 15.6. The van der Waals surface area contributed by atoms with E-state index in [4.69, 9.17) is 9.47 Å². The Bertz CT molecular complexity index is 1070. The van der Waals surface area contributed by atoms with Gasteiger partial charge in [0.25, 0.3) is 0 Å². The zero-order chi connectivity index (χ0) is 22.1. The maximum Gasteiger partial charge on any atom is 0.322 e. The minimum absolute atomic E-state index is 0.281. The van der Waals surface area contributed by atoms with E-state index in [1.807, 2.05) is 6.92 Å². The van der Waals surface area contributed by atoms with E-state index in [1.54, 1.807) is 0 Å². The summed E-state index contributed by atoms with van der Waals surface area (Å²) in [5, 5.41) is 3.66. The molecule has 0 bridgehead atoms. The number of anilines is 1. The average Bonchev–Trinajstić information content (AvgIpc) is 3.15. The predicted molar refractivity (Wildman–Crippen MR) is 126 cm³/mol. The first-order valence-corrected chi connectivity index (χ1v) is 11.1. The third-order valence-electron chi connectivity index (χ3n) is 6.62. The Hall–Kier alpha value is -3.15. The molecule has 3 aromatic rings. The maximum atomic E-state index is 12.5. The van der Waals surface area contributed by atoms with Crippen LogP contribution in [0, 0.1) is 0 Å². The van der Waals surface area contributed by atoms with Crippen molar-refractivity contribution in [3.63, 3.8) is 0 Å². The number of morpholine rings is 1. The average molecular weight is 429 g/mol. The van der Waals surface area contributed by atoms with Crippen LogP contribution >= 0.6 is 0 Å². The lowest BCUT2D eigenvalue weighted by Crippen LogP contribution is -2.50. The molecule has 0 radical (unpaired) electrons. The van der Waals surface area contributed by atoms with Crippen molar-refractivity contribution in [1.29, 1.82) is 0 Å². The van der Waals surface area contributed by atoms with Gasteiger partial charge in [-0.2, -0.15) is 0 Å². The van der Waals surface area contributed by atoms with Gasteiger partial charge in [-0.1, -0.05) is 60.7 Å². The topological polar surface area (TPSA) is 50.8 Å². The molecule has 0 spiro atoms. The minimum Gasteiger partial charge on any atom is -0.468 e. The number of esters is 1. The molecule has 0 unspecified atom stereocenters. The summed E-state index contributed by atoms with van der Waals surface area (Å²) in [5.41, 5.74) is 6.31. The van der Waals surface area contributed by atoms with Crippen molar-refractivity contribution in [2.24, 2.45) is 0 Å². The number of nitrogens with one attached hydrogen (secondary N) is 1. The number of carbonyl (C=O) groups excluding carboxylic acids is 1. The van der Waals surface area contributed by atoms with Gasteiger partial charge in [-0.3, -0.25) is 10.1 Å². The van der Waals surface area contributed by atoms with Crippen LogP contribution in [-0.2, 0) is 19.8 Å². The van der Waals surface area contributed by atoms with Gasteiger partial charge in [0, 0.05) is 18.8 Å². The number of ether oxygens (including phenoxy) is 2. The fourth-order valence-corrected chi connectivity index (χ4v) is 5.09. The fraction of sp³-hybridized carbons (Fsp3) is 0.296. The highest BCUT2D eigenvalue weighted by atomic mass is 16.5. The first kappa shape index (κ1) is 20.7. The highest BCUT2D eigenvalue weighted by Crippen LogP contribution is 2.51. The van der Waals surface area contributed by atoms with Gasteiger partial charge in [-0.05, 0) is 46.9 Å². The summed E-state index contributed by atoms with van der Waals surface area (Å²) in [7, 11) is 1.43. The molecule has 1 heterocycles. The number of rotatable bonds is 5. The molecule has 1 saturated heterocycles. The Balaban J connectivity index is 1.66. The quantitative estimate of drug-likeness (QED) is 0.624. The second-order valence-electron chi connectivity index (χ2n) is 8.38. The Labute approximate surface area is 189 Å². The van der Waals surface area contributed by atoms with Gasteiger partial charge in [0.2, 0.25) is 0 Å². The van der Waals surface area contributed by atoms with Crippen LogP contribution in [0.3, 0.4) is 0 Å². The number of hydrogen-bond acceptors (Lipinski definition) is 5. The molecule has 1 aliphatic carbocycles. The Kier molecular flexibility index (Phi) is 5.45. The van der Waals surface area contributed by atoms with Gasteiger partial charge in [0.05, 0.1) is 25.9 Å². The lowest BCUT2D eigenvalue weighted by atomic mass is 9.80. The number of methoxy groups -OCH3 is 1. The zero-order valence-electron chi connectivity index (χ0n) is 18.5. The van der Waals surface area contributed by atoms with E-state index in [1.165, 1.54) is 23.9 Å². The van der Waals surface area contributed by atoms with Crippen molar-refractivity contribution >= 4 is 11.7 Å². The van der Waals surface area contributed by atoms with Crippen LogP contribution in [0.25, 0.3) is 11.1 Å². The fourth-order valence-electron chi connectivity index (χ4n) is 5.09. The number of nitrogens with zero attached hydrogens (tertiary/aromatic N) is 1. The standard InChI is InChI=1S/C27H28N2O3/c1-19(26(30)31-2)28-27(20-11-13-21(14-12-20)29-15-17-32-18-16-29)24-9-5-3-7-22(24)23-8-4-6-10-25(23)27/h3-14,19,28H,15-18H2,1-2H3/t19-/m0/s1. The third-order valence-corrected chi connectivity index (χ3v) is 6.62. The summed E-state index contributed by atoms with van der Waals surface area (Å²) in [4.78, 5) is 14.8. The molecule has 3 aromatic carbocycles. The summed E-state index contributed by atoms with van der Waals surface area (Å²) in [6.07, 6.45) is 0. The van der Waals surface area contributed by atoms with E-state index in [2.05, 4.69) is 83.0 Å². The molecule has 5 heteroatoms. The lowest BCUT2D eigenvalue weighted by Gasteiger charge is -2.36. The molecule has 1 aliphatic heterocycles. The second kappa shape index (κ2) is 8.41. The largest absolute Gasteiger partial charge is 0.468 e. The smallest absolute Gasteiger partial charge is 0.322 e. The van der Waals surface area contributed by atoms with Gasteiger partial charge in [0.15, 0.2) is 0 Å². The lowest BCUT2D eigenvalue weighted by molar-refractivity contribution is -0.143. The SMILES string of the molecule is COC(=O)[C@H](C)NC1(c2ccc(N3CCOCC3)cc2)c2ccccc2-c2ccccc21. The number of hydrogen-bond donors (Lipinski definition) is 1. The van der Waals surface area contributed by atoms with Crippen LogP contribution in [0.5, 0.6) is 0 Å². The van der Waals surface area contributed by atoms with Crippen molar-refractivity contribution in [3.05, 3.63) is 89.5 Å². The normalized spacial score (nSPS) is 17.4. The number of benzene rings is 3. The molecule has 1 atom stereocenters. The van der Waals surface area contributed by atoms with Gasteiger partial charge in [0.1, 0.15) is 6.04 Å². The summed E-state index contributed by atoms with van der Waals surface area (Å²) in [6, 6.07) is 25.1. The monoisotopic (exact) mass is 428 g/mol. The molecule has 164 valence electrons. The van der Waals surface area contributed by atoms with E-state index in [0.29, 0.717) is 0 Å². The van der Waals surface area contributed by atoms with Crippen LogP contribution in [-0.4, -0.2) is 45.4 Å². The van der Waals surface area contributed by atoms with Crippen LogP contribution in [0.15, 0.2) is 72.8 Å². The van der Waals surface area contributed by atoms with Crippen molar-refractivity contribution in [2.45, 2.75) is 18.5 Å². The van der Waals surface area contributed by atoms with Gasteiger partial charge >= 0.3 is 5.97 Å². The molecular formula is C27H28N2O3. The summed E-state index contributed by atoms with van der Waals surface area (Å²) in [5.74, 6) is -0.281. The zero-order valence-corrected chi connectivity index (χ0v) is 18.5. The molecule has 1 fully saturated rings. The van der Waals surface area contributed by atoms with Crippen LogP contribution in [0.2, 0.25) is 0 Å². The van der Waals surface area contributed by atoms with E-state index < -0.39 is 11.6 Å². The third kappa shape index (κ3) is 3.29. The molecule has 2 aliphatic rings. The summed E-state index contributed by atoms with van der Waals surface area (Å²) in [6.45, 7) is 5.16. The molecule has 0 amide bonds. The van der Waals surface area contributed by atoms with Crippen molar-refractivity contribution in [1.82, 2.24) is 5.32 Å². The molecular weight excluding hydrogens is 400 g/mol. The van der Waals surface area contributed by atoms with E-state index >= 15 is 0 Å². The molecule has 5 nitrogen and oxygen atoms in total. The molecule has 1 N–H and O–H groups in total. The first-order valence-electron chi connectivity index (χ1n) is 11.1. The Morgan fingerprint density at radius 1 is 0.938 bits per heavy atom. The molecule has 0 aromatic heterocycles. The van der Waals surface area contributed by atoms with Crippen molar-refractivity contribution in [2.75, 3.05) is 38.3 Å². The Morgan fingerprint density at radius 3 is 2.06 bits per heavy atom. The predicted octanol–water partition coefficient (Wildman–Crippen LogP) is 3.95. The number of fused-ring (bicyclic) bond motifs is 3. The maximum absolute atomic E-state index is 12.5. The van der Waals surface area contributed by atoms with E-state index in [9.17, 15) is 4.79 Å². The van der Waals surface area contributed by atoms with Crippen LogP contribution < -0.4 is 10.2 Å². The van der Waals surface area contributed by atoms with Crippen molar-refractivity contribution in [3.8, 4) is 11.1 Å². The van der Waals surface area contributed by atoms with Crippen LogP contribution in [0.1, 0.15) is 23.6 Å². The summed E-state index contributed by atoms with van der Waals surface area (Å²) < 4.78 is 10.6.